The molecular weight excluding hydrogens is 1010 g/mol. The fourth-order valence-electron chi connectivity index (χ4n) is 11.9. The zero-order valence-corrected chi connectivity index (χ0v) is 44.3. The Bertz CT molecular complexity index is 4480. The number of para-hydroxylation sites is 8. The maximum absolute atomic E-state index is 6.63. The third-order valence-electron chi connectivity index (χ3n) is 15.7. The topological polar surface area (TPSA) is 58.9 Å². The van der Waals surface area contributed by atoms with Gasteiger partial charge in [0.1, 0.15) is 11.0 Å². The Hall–Kier alpha value is -10.7. The molecule has 0 N–H and O–H groups in total. The maximum Gasteiger partial charge on any atom is 0.152 e. The number of benzene rings is 12. The molecule has 0 bridgehead atoms. The zero-order valence-electron chi connectivity index (χ0n) is 43.5. The van der Waals surface area contributed by atoms with Crippen molar-refractivity contribution < 1.29 is 9.47 Å². The number of fused-ring (bicyclic) bond motifs is 8. The lowest BCUT2D eigenvalue weighted by Gasteiger charge is -2.33. The van der Waals surface area contributed by atoms with Gasteiger partial charge in [-0.1, -0.05) is 146 Å². The van der Waals surface area contributed by atoms with Crippen molar-refractivity contribution in [1.82, 2.24) is 13.3 Å². The third-order valence-corrected chi connectivity index (χ3v) is 16.2. The Morgan fingerprint density at radius 3 is 1.28 bits per heavy atom. The van der Waals surface area contributed by atoms with Crippen molar-refractivity contribution in [3.8, 4) is 62.1 Å². The number of hydrogen-bond acceptors (Lipinski definition) is 8. The van der Waals surface area contributed by atoms with Crippen LogP contribution in [0.25, 0.3) is 71.9 Å². The van der Waals surface area contributed by atoms with Crippen molar-refractivity contribution in [2.75, 3.05) is 14.7 Å². The van der Waals surface area contributed by atoms with Gasteiger partial charge in [-0.15, -0.1) is 0 Å². The summed E-state index contributed by atoms with van der Waals surface area (Å²) in [7, 11) is 0. The van der Waals surface area contributed by atoms with E-state index in [1.54, 1.807) is 0 Å². The molecule has 0 atom stereocenters. The van der Waals surface area contributed by atoms with Crippen LogP contribution in [0.5, 0.6) is 23.0 Å². The van der Waals surface area contributed by atoms with Crippen LogP contribution in [-0.4, -0.2) is 13.3 Å². The van der Waals surface area contributed by atoms with Crippen molar-refractivity contribution >= 4 is 95.8 Å². The molecule has 0 fully saturated rings. The van der Waals surface area contributed by atoms with E-state index in [-0.39, 0.29) is 0 Å². The van der Waals surface area contributed by atoms with Gasteiger partial charge in [0.2, 0.25) is 0 Å². The number of hydrogen-bond donors (Lipinski definition) is 0. The summed E-state index contributed by atoms with van der Waals surface area (Å²) in [6, 6.07) is 98.3. The largest absolute Gasteiger partial charge is 0.453 e. The predicted molar refractivity (Wildman–Crippen MR) is 332 cm³/mol. The van der Waals surface area contributed by atoms with Crippen LogP contribution in [0.4, 0.5) is 51.2 Å². The van der Waals surface area contributed by atoms with Crippen LogP contribution in [0, 0.1) is 0 Å². The standard InChI is InChI=1S/C72H46N6O2S/c1-3-15-52(16-4-1)77-62-23-11-13-25-67(62)79-69-45-50(33-42-64(69)77)47-27-35-54(36-28-47)75(55-37-29-48(30-38-55)51-34-43-65-70(46-51)80-68-26-14-12-24-63(68)78(65)53-17-5-2-6-18-53)66-44-41-57(71-72(66)74-81-73-71)49-31-39-56(40-32-49)76-60-21-9-7-19-58(60)59-20-8-10-22-61(59)76/h1-46H. The van der Waals surface area contributed by atoms with Crippen LogP contribution in [0.2, 0.25) is 0 Å². The molecule has 0 saturated heterocycles. The van der Waals surface area contributed by atoms with E-state index in [1.807, 2.05) is 36.4 Å². The molecule has 12 aromatic carbocycles. The SMILES string of the molecule is c1ccc(N2c3ccccc3Oc3cc(-c4ccc(N(c5ccc(-c6ccc7c(c6)Oc6ccccc6N7c6ccccc6)cc5)c5ccc(-c6ccc(-n7c8ccccc8c8ccccc87)cc6)c6nsnc56)cc4)ccc32)cc1. The number of rotatable bonds is 9. The molecule has 0 aliphatic carbocycles. The highest BCUT2D eigenvalue weighted by molar-refractivity contribution is 7.00. The molecule has 0 spiro atoms. The highest BCUT2D eigenvalue weighted by atomic mass is 32.1. The first-order chi connectivity index (χ1) is 40.2. The molecule has 0 amide bonds. The summed E-state index contributed by atoms with van der Waals surface area (Å²) in [6.07, 6.45) is 0. The minimum absolute atomic E-state index is 0.796. The molecule has 14 aromatic rings. The van der Waals surface area contributed by atoms with Crippen molar-refractivity contribution in [2.24, 2.45) is 0 Å². The van der Waals surface area contributed by atoms with Crippen molar-refractivity contribution in [3.63, 3.8) is 0 Å². The molecular formula is C72H46N6O2S. The predicted octanol–water partition coefficient (Wildman–Crippen LogP) is 20.4. The van der Waals surface area contributed by atoms with Crippen LogP contribution in [0.1, 0.15) is 0 Å². The van der Waals surface area contributed by atoms with Crippen LogP contribution in [0.15, 0.2) is 279 Å². The maximum atomic E-state index is 6.63. The van der Waals surface area contributed by atoms with Crippen molar-refractivity contribution in [3.05, 3.63) is 279 Å². The van der Waals surface area contributed by atoms with Gasteiger partial charge in [0.15, 0.2) is 23.0 Å². The fourth-order valence-corrected chi connectivity index (χ4v) is 12.4. The highest BCUT2D eigenvalue weighted by Crippen LogP contribution is 2.53. The van der Waals surface area contributed by atoms with E-state index in [2.05, 4.69) is 262 Å². The molecule has 0 saturated carbocycles. The third kappa shape index (κ3) is 7.81. The summed E-state index contributed by atoms with van der Waals surface area (Å²) in [6.45, 7) is 0. The molecule has 2 aromatic heterocycles. The first kappa shape index (κ1) is 46.4. The van der Waals surface area contributed by atoms with Crippen molar-refractivity contribution in [1.29, 1.82) is 0 Å². The zero-order chi connectivity index (χ0) is 53.4. The van der Waals surface area contributed by atoms with E-state index in [0.29, 0.717) is 0 Å². The molecule has 2 aliphatic rings. The molecule has 9 heteroatoms. The lowest BCUT2D eigenvalue weighted by atomic mass is 10.00. The van der Waals surface area contributed by atoms with Gasteiger partial charge in [-0.2, -0.15) is 8.75 Å². The smallest absolute Gasteiger partial charge is 0.152 e. The second-order valence-corrected chi connectivity index (χ2v) is 20.8. The number of nitrogens with zero attached hydrogens (tertiary/aromatic N) is 6. The lowest BCUT2D eigenvalue weighted by molar-refractivity contribution is 0.477. The highest BCUT2D eigenvalue weighted by Gasteiger charge is 2.29. The van der Waals surface area contributed by atoms with Gasteiger partial charge in [-0.3, -0.25) is 0 Å². The normalized spacial score (nSPS) is 12.3. The Morgan fingerprint density at radius 1 is 0.321 bits per heavy atom. The molecule has 4 heterocycles. The lowest BCUT2D eigenvalue weighted by Crippen LogP contribution is -2.15. The van der Waals surface area contributed by atoms with Gasteiger partial charge in [-0.05, 0) is 161 Å². The first-order valence-electron chi connectivity index (χ1n) is 27.0. The Labute approximate surface area is 471 Å². The van der Waals surface area contributed by atoms with Gasteiger partial charge in [0.05, 0.1) is 51.2 Å². The summed E-state index contributed by atoms with van der Waals surface area (Å²) in [4.78, 5) is 6.83. The van der Waals surface area contributed by atoms with Crippen LogP contribution in [-0.2, 0) is 0 Å². The van der Waals surface area contributed by atoms with E-state index < -0.39 is 0 Å². The van der Waals surface area contributed by atoms with E-state index in [9.17, 15) is 0 Å². The van der Waals surface area contributed by atoms with Gasteiger partial charge >= 0.3 is 0 Å². The van der Waals surface area contributed by atoms with Crippen LogP contribution < -0.4 is 24.2 Å². The summed E-state index contributed by atoms with van der Waals surface area (Å²) in [5.41, 5.74) is 20.4. The fraction of sp³-hybridized carbons (Fsp3) is 0. The summed E-state index contributed by atoms with van der Waals surface area (Å²) in [5, 5.41) is 2.48. The quantitative estimate of drug-likeness (QED) is 0.143. The monoisotopic (exact) mass is 1060 g/mol. The molecule has 81 heavy (non-hydrogen) atoms. The van der Waals surface area contributed by atoms with E-state index >= 15 is 0 Å². The minimum Gasteiger partial charge on any atom is -0.453 e. The Kier molecular flexibility index (Phi) is 10.9. The first-order valence-corrected chi connectivity index (χ1v) is 27.8. The van der Waals surface area contributed by atoms with Gasteiger partial charge < -0.3 is 28.7 Å². The van der Waals surface area contributed by atoms with E-state index in [0.717, 1.165) is 124 Å². The average molecular weight is 1060 g/mol. The number of aromatic nitrogens is 3. The van der Waals surface area contributed by atoms with E-state index in [1.165, 1.54) is 33.5 Å². The van der Waals surface area contributed by atoms with Gasteiger partial charge in [-0.25, -0.2) is 0 Å². The average Bonchev–Trinajstić information content (AvgIpc) is 4.22. The number of ether oxygens (including phenoxy) is 2. The second kappa shape index (κ2) is 19.0. The molecule has 382 valence electrons. The molecule has 0 unspecified atom stereocenters. The molecule has 0 radical (unpaired) electrons. The summed E-state index contributed by atoms with van der Waals surface area (Å²) in [5.74, 6) is 3.22. The van der Waals surface area contributed by atoms with Gasteiger partial charge in [0.25, 0.3) is 0 Å². The molecule has 2 aliphatic heterocycles. The Balaban J connectivity index is 0.772. The number of anilines is 9. The Morgan fingerprint density at radius 2 is 0.753 bits per heavy atom. The summed E-state index contributed by atoms with van der Waals surface area (Å²) < 4.78 is 25.7. The molecule has 16 rings (SSSR count). The minimum atomic E-state index is 0.796. The van der Waals surface area contributed by atoms with Crippen LogP contribution in [0.3, 0.4) is 0 Å². The second-order valence-electron chi connectivity index (χ2n) is 20.3. The van der Waals surface area contributed by atoms with Gasteiger partial charge in [0, 0.05) is 44.8 Å². The van der Waals surface area contributed by atoms with Crippen LogP contribution >= 0.6 is 11.7 Å². The molecule has 8 nitrogen and oxygen atoms in total. The van der Waals surface area contributed by atoms with E-state index in [4.69, 9.17) is 18.2 Å². The van der Waals surface area contributed by atoms with Crippen molar-refractivity contribution in [2.45, 2.75) is 0 Å². The summed E-state index contributed by atoms with van der Waals surface area (Å²) >= 11 is 1.24.